The molecule has 1 aliphatic carbocycles. The Hall–Kier alpha value is -0.870. The summed E-state index contributed by atoms with van der Waals surface area (Å²) in [6.07, 6.45) is 5.06. The van der Waals surface area contributed by atoms with Gasteiger partial charge >= 0.3 is 0 Å². The molecule has 0 spiro atoms. The highest BCUT2D eigenvalue weighted by molar-refractivity contribution is 7.49. The number of rotatable bonds is 4. The van der Waals surface area contributed by atoms with E-state index in [0.29, 0.717) is 5.16 Å². The van der Waals surface area contributed by atoms with Crippen LogP contribution in [-0.2, 0) is 12.8 Å². The van der Waals surface area contributed by atoms with Gasteiger partial charge in [0.1, 0.15) is 0 Å². The fraction of sp³-hybridized carbons (Fsp3) is 0.444. The fourth-order valence-electron chi connectivity index (χ4n) is 3.41. The number of hydrogen-bond donors (Lipinski definition) is 0. The normalized spacial score (nSPS) is 14.9. The zero-order valence-electron chi connectivity index (χ0n) is 12.2. The van der Waals surface area contributed by atoms with Gasteiger partial charge in [-0.3, -0.25) is 0 Å². The summed E-state index contributed by atoms with van der Waals surface area (Å²) in [6.45, 7) is 7.12. The summed E-state index contributed by atoms with van der Waals surface area (Å²) in [4.78, 5) is 0. The van der Waals surface area contributed by atoms with Crippen LogP contribution >= 0.6 is 8.58 Å². The van der Waals surface area contributed by atoms with Crippen molar-refractivity contribution in [3.63, 3.8) is 0 Å². The van der Waals surface area contributed by atoms with Crippen LogP contribution in [0.4, 0.5) is 0 Å². The average molecular weight is 270 g/mol. The monoisotopic (exact) mass is 270 g/mol. The molecule has 0 bridgehead atoms. The van der Waals surface area contributed by atoms with Gasteiger partial charge in [-0.15, -0.1) is 0 Å². The summed E-state index contributed by atoms with van der Waals surface area (Å²) in [6, 6.07) is 11.7. The lowest BCUT2D eigenvalue weighted by Gasteiger charge is -2.25. The van der Waals surface area contributed by atoms with E-state index >= 15 is 0 Å². The summed E-state index contributed by atoms with van der Waals surface area (Å²) in [7, 11) is 0.912. The van der Waals surface area contributed by atoms with Crippen molar-refractivity contribution in [2.45, 2.75) is 51.6 Å². The smallest absolute Gasteiger partial charge is 0.0104 e. The minimum Gasteiger partial charge on any atom is -0.0839 e. The first-order chi connectivity index (χ1) is 9.11. The molecular formula is C18H23P. The molecule has 0 heterocycles. The molecule has 0 aliphatic heterocycles. The Morgan fingerprint density at radius 1 is 1.05 bits per heavy atom. The van der Waals surface area contributed by atoms with Crippen molar-refractivity contribution >= 4 is 24.7 Å². The minimum atomic E-state index is 0.438. The molecule has 0 amide bonds. The maximum atomic E-state index is 2.41. The van der Waals surface area contributed by atoms with E-state index in [2.05, 4.69) is 51.1 Å². The molecular weight excluding hydrogens is 247 g/mol. The fourth-order valence-corrected chi connectivity index (χ4v) is 5.02. The number of aryl methyl sites for hydroxylation is 2. The first-order valence-electron chi connectivity index (χ1n) is 7.42. The van der Waals surface area contributed by atoms with Crippen molar-refractivity contribution in [1.29, 1.82) is 0 Å². The third kappa shape index (κ3) is 2.43. The first-order valence-corrected chi connectivity index (χ1v) is 8.42. The van der Waals surface area contributed by atoms with E-state index in [1.807, 2.05) is 0 Å². The van der Waals surface area contributed by atoms with Crippen LogP contribution in [0.2, 0.25) is 0 Å². The summed E-state index contributed by atoms with van der Waals surface area (Å²) >= 11 is 0. The molecule has 2 aromatic rings. The molecule has 19 heavy (non-hydrogen) atoms. The molecule has 0 nitrogen and oxygen atoms in total. The van der Waals surface area contributed by atoms with Crippen LogP contribution in [-0.4, -0.2) is 5.16 Å². The highest BCUT2D eigenvalue weighted by atomic mass is 31.1. The van der Waals surface area contributed by atoms with Gasteiger partial charge in [0.15, 0.2) is 0 Å². The lowest BCUT2D eigenvalue weighted by molar-refractivity contribution is 0.623. The zero-order chi connectivity index (χ0) is 13.5. The van der Waals surface area contributed by atoms with E-state index in [-0.39, 0.29) is 0 Å². The number of benzene rings is 2. The summed E-state index contributed by atoms with van der Waals surface area (Å²) in [5.74, 6) is 0. The van der Waals surface area contributed by atoms with Gasteiger partial charge in [-0.1, -0.05) is 66.1 Å². The van der Waals surface area contributed by atoms with Crippen molar-refractivity contribution < 1.29 is 0 Å². The van der Waals surface area contributed by atoms with Gasteiger partial charge in [0, 0.05) is 0 Å². The van der Waals surface area contributed by atoms with Crippen molar-refractivity contribution in [2.75, 3.05) is 0 Å². The predicted octanol–water partition coefficient (Wildman–Crippen LogP) is 4.82. The van der Waals surface area contributed by atoms with Gasteiger partial charge in [-0.25, -0.2) is 0 Å². The van der Waals surface area contributed by atoms with E-state index < -0.39 is 0 Å². The topological polar surface area (TPSA) is 0 Å². The van der Waals surface area contributed by atoms with Gasteiger partial charge in [0.2, 0.25) is 0 Å². The van der Waals surface area contributed by atoms with Crippen LogP contribution in [0.5, 0.6) is 0 Å². The average Bonchev–Trinajstić information content (AvgIpc) is 2.78. The third-order valence-electron chi connectivity index (χ3n) is 4.22. The largest absolute Gasteiger partial charge is 0.0839 e. The third-order valence-corrected chi connectivity index (χ3v) is 5.86. The molecule has 2 aromatic carbocycles. The van der Waals surface area contributed by atoms with Crippen LogP contribution in [0.3, 0.4) is 0 Å². The highest BCUT2D eigenvalue weighted by Crippen LogP contribution is 2.39. The lowest BCUT2D eigenvalue weighted by Crippen LogP contribution is -2.17. The SMILES string of the molecule is CCCC(C)(C)Pc1ccc2c3c(cccc13)CC2. The Morgan fingerprint density at radius 2 is 1.79 bits per heavy atom. The van der Waals surface area contributed by atoms with Crippen molar-refractivity contribution in [1.82, 2.24) is 0 Å². The molecule has 3 rings (SSSR count). The number of hydrogen-bond acceptors (Lipinski definition) is 0. The minimum absolute atomic E-state index is 0.438. The molecule has 0 radical (unpaired) electrons. The second-order valence-electron chi connectivity index (χ2n) is 6.37. The van der Waals surface area contributed by atoms with E-state index in [0.717, 1.165) is 8.58 Å². The van der Waals surface area contributed by atoms with E-state index in [9.17, 15) is 0 Å². The van der Waals surface area contributed by atoms with Crippen LogP contribution < -0.4 is 5.30 Å². The van der Waals surface area contributed by atoms with Crippen molar-refractivity contribution in [2.24, 2.45) is 0 Å². The van der Waals surface area contributed by atoms with Crippen LogP contribution in [0.25, 0.3) is 10.8 Å². The van der Waals surface area contributed by atoms with Gasteiger partial charge < -0.3 is 0 Å². The van der Waals surface area contributed by atoms with Crippen LogP contribution in [0.1, 0.15) is 44.7 Å². The molecule has 1 heteroatoms. The summed E-state index contributed by atoms with van der Waals surface area (Å²) in [5, 5.41) is 5.10. The Morgan fingerprint density at radius 3 is 2.53 bits per heavy atom. The second kappa shape index (κ2) is 4.91. The van der Waals surface area contributed by atoms with Crippen molar-refractivity contribution in [3.8, 4) is 0 Å². The molecule has 0 fully saturated rings. The maximum Gasteiger partial charge on any atom is -0.0104 e. The van der Waals surface area contributed by atoms with E-state index in [4.69, 9.17) is 0 Å². The molecule has 0 saturated heterocycles. The van der Waals surface area contributed by atoms with Gasteiger partial charge in [0.05, 0.1) is 0 Å². The molecule has 0 saturated carbocycles. The summed E-state index contributed by atoms with van der Waals surface area (Å²) in [5.41, 5.74) is 3.12. The Balaban J connectivity index is 2.06. The Bertz CT molecular complexity index is 600. The molecule has 1 atom stereocenters. The van der Waals surface area contributed by atoms with E-state index in [1.165, 1.54) is 31.1 Å². The standard InChI is InChI=1S/C18H23P/c1-4-12-18(2,3)19-16-11-10-14-9-8-13-6-5-7-15(16)17(13)14/h5-7,10-11,19H,4,8-9,12H2,1-3H3. The summed E-state index contributed by atoms with van der Waals surface area (Å²) < 4.78 is 0. The van der Waals surface area contributed by atoms with Crippen LogP contribution in [0.15, 0.2) is 30.3 Å². The zero-order valence-corrected chi connectivity index (χ0v) is 13.2. The van der Waals surface area contributed by atoms with E-state index in [1.54, 1.807) is 21.8 Å². The molecule has 0 N–H and O–H groups in total. The quantitative estimate of drug-likeness (QED) is 0.699. The predicted molar refractivity (Wildman–Crippen MR) is 88.3 cm³/mol. The van der Waals surface area contributed by atoms with Crippen molar-refractivity contribution in [3.05, 3.63) is 41.5 Å². The Labute approximate surface area is 118 Å². The Kier molecular flexibility index (Phi) is 3.39. The lowest BCUT2D eigenvalue weighted by atomic mass is 10.1. The molecule has 100 valence electrons. The molecule has 1 aliphatic rings. The highest BCUT2D eigenvalue weighted by Gasteiger charge is 2.21. The molecule has 1 unspecified atom stereocenters. The van der Waals surface area contributed by atoms with Crippen LogP contribution in [0, 0.1) is 0 Å². The first kappa shape index (κ1) is 13.1. The van der Waals surface area contributed by atoms with Gasteiger partial charge in [-0.2, -0.15) is 0 Å². The molecule has 0 aromatic heterocycles. The van der Waals surface area contributed by atoms with Gasteiger partial charge in [-0.05, 0) is 51.6 Å². The maximum absolute atomic E-state index is 2.41. The van der Waals surface area contributed by atoms with Gasteiger partial charge in [0.25, 0.3) is 0 Å². The second-order valence-corrected chi connectivity index (χ2v) is 8.51.